The Morgan fingerprint density at radius 3 is 2.42 bits per heavy atom. The molecule has 0 aromatic carbocycles. The van der Waals surface area contributed by atoms with E-state index >= 15 is 0 Å². The topological polar surface area (TPSA) is 78.9 Å². The fraction of sp³-hybridized carbons (Fsp3) is 0.846. The highest BCUT2D eigenvalue weighted by Crippen LogP contribution is 2.24. The number of likely N-dealkylation sites (N-methyl/N-ethyl adjacent to an activating group) is 1. The van der Waals surface area contributed by atoms with Gasteiger partial charge in [-0.3, -0.25) is 9.59 Å². The van der Waals surface area contributed by atoms with Gasteiger partial charge in [-0.25, -0.2) is 0 Å². The zero-order valence-corrected chi connectivity index (χ0v) is 12.4. The molecule has 2 N–H and O–H groups in total. The maximum Gasteiger partial charge on any atom is 0.303 e. The van der Waals surface area contributed by atoms with E-state index in [1.165, 1.54) is 0 Å². The number of carboxylic acid groups (broad SMARTS) is 1. The van der Waals surface area contributed by atoms with Gasteiger partial charge in [0, 0.05) is 33.2 Å². The summed E-state index contributed by atoms with van der Waals surface area (Å²) in [4.78, 5) is 24.4. The van der Waals surface area contributed by atoms with Gasteiger partial charge in [0.25, 0.3) is 0 Å². The molecule has 0 aliphatic rings. The number of nitrogens with zero attached hydrogens (tertiary/aromatic N) is 1. The number of carbonyl (C=O) groups excluding carboxylic acids is 1. The van der Waals surface area contributed by atoms with Gasteiger partial charge < -0.3 is 20.1 Å². The third kappa shape index (κ3) is 10.5. The number of ether oxygens (including phenoxy) is 1. The first-order valence-electron chi connectivity index (χ1n) is 6.43. The molecule has 0 fully saturated rings. The lowest BCUT2D eigenvalue weighted by atomic mass is 9.85. The van der Waals surface area contributed by atoms with Gasteiger partial charge in [0.15, 0.2) is 0 Å². The minimum absolute atomic E-state index is 0.00579. The van der Waals surface area contributed by atoms with Crippen molar-refractivity contribution in [1.82, 2.24) is 10.2 Å². The molecule has 0 saturated heterocycles. The minimum atomic E-state index is -0.878. The Hall–Kier alpha value is -1.14. The lowest BCUT2D eigenvalue weighted by Gasteiger charge is -2.22. The van der Waals surface area contributed by atoms with E-state index in [4.69, 9.17) is 9.84 Å². The highest BCUT2D eigenvalue weighted by Gasteiger charge is 2.24. The second kappa shape index (κ2) is 8.87. The molecule has 0 rings (SSSR count). The lowest BCUT2D eigenvalue weighted by molar-refractivity contribution is -0.139. The van der Waals surface area contributed by atoms with Gasteiger partial charge >= 0.3 is 5.97 Å². The van der Waals surface area contributed by atoms with Crippen LogP contribution in [0.3, 0.4) is 0 Å². The predicted octanol–water partition coefficient (Wildman–Crippen LogP) is 0.572. The van der Waals surface area contributed by atoms with Gasteiger partial charge in [0.05, 0.1) is 13.0 Å². The summed E-state index contributed by atoms with van der Waals surface area (Å²) in [6.07, 6.45) is 0.218. The summed E-state index contributed by atoms with van der Waals surface area (Å²) in [7, 11) is 3.61. The van der Waals surface area contributed by atoms with Crippen LogP contribution < -0.4 is 5.32 Å². The second-order valence-electron chi connectivity index (χ2n) is 5.56. The molecule has 0 saturated carbocycles. The Balaban J connectivity index is 3.83. The Morgan fingerprint density at radius 1 is 1.26 bits per heavy atom. The monoisotopic (exact) mass is 274 g/mol. The molecule has 19 heavy (non-hydrogen) atoms. The maximum absolute atomic E-state index is 11.7. The van der Waals surface area contributed by atoms with Gasteiger partial charge in [-0.15, -0.1) is 0 Å². The molecule has 0 bridgehead atoms. The van der Waals surface area contributed by atoms with Crippen molar-refractivity contribution in [2.24, 2.45) is 5.41 Å². The van der Waals surface area contributed by atoms with Crippen LogP contribution in [0, 0.1) is 5.41 Å². The number of aliphatic carboxylic acids is 1. The zero-order chi connectivity index (χ0) is 14.9. The molecule has 0 heterocycles. The van der Waals surface area contributed by atoms with E-state index in [-0.39, 0.29) is 18.7 Å². The molecule has 0 aromatic heterocycles. The Kier molecular flexibility index (Phi) is 8.34. The molecule has 6 heteroatoms. The van der Waals surface area contributed by atoms with E-state index in [0.29, 0.717) is 13.2 Å². The van der Waals surface area contributed by atoms with Gasteiger partial charge in [-0.1, -0.05) is 13.8 Å². The number of carboxylic acids is 1. The first-order valence-corrected chi connectivity index (χ1v) is 6.43. The van der Waals surface area contributed by atoms with Crippen molar-refractivity contribution >= 4 is 11.9 Å². The van der Waals surface area contributed by atoms with Crippen molar-refractivity contribution in [3.8, 4) is 0 Å². The summed E-state index contributed by atoms with van der Waals surface area (Å²) in [5, 5.41) is 11.5. The van der Waals surface area contributed by atoms with Gasteiger partial charge in [-0.05, 0) is 12.5 Å². The number of hydrogen-bond acceptors (Lipinski definition) is 4. The van der Waals surface area contributed by atoms with Crippen molar-refractivity contribution in [3.63, 3.8) is 0 Å². The lowest BCUT2D eigenvalue weighted by Crippen LogP contribution is -2.36. The number of nitrogens with one attached hydrogen (secondary N) is 1. The first-order chi connectivity index (χ1) is 8.76. The quantitative estimate of drug-likeness (QED) is 0.609. The molecule has 112 valence electrons. The molecular weight excluding hydrogens is 248 g/mol. The van der Waals surface area contributed by atoms with Crippen LogP contribution in [-0.4, -0.2) is 62.3 Å². The Bertz CT molecular complexity index is 292. The van der Waals surface area contributed by atoms with Crippen LogP contribution in [0.1, 0.15) is 26.7 Å². The SMILES string of the molecule is COCCN(C)CCNC(=O)CC(C)(C)CC(=O)O. The maximum atomic E-state index is 11.7. The van der Waals surface area contributed by atoms with Gasteiger partial charge in [0.1, 0.15) is 0 Å². The average Bonchev–Trinajstić information content (AvgIpc) is 2.23. The van der Waals surface area contributed by atoms with Crippen molar-refractivity contribution in [2.75, 3.05) is 40.4 Å². The Morgan fingerprint density at radius 2 is 1.89 bits per heavy atom. The summed E-state index contributed by atoms with van der Waals surface area (Å²) >= 11 is 0. The highest BCUT2D eigenvalue weighted by atomic mass is 16.5. The predicted molar refractivity (Wildman–Crippen MR) is 73.0 cm³/mol. The normalized spacial score (nSPS) is 11.6. The molecular formula is C13H26N2O4. The summed E-state index contributed by atoms with van der Waals surface area (Å²) in [6, 6.07) is 0. The minimum Gasteiger partial charge on any atom is -0.481 e. The number of hydrogen-bond donors (Lipinski definition) is 2. The largest absolute Gasteiger partial charge is 0.481 e. The fourth-order valence-electron chi connectivity index (χ4n) is 1.71. The molecule has 0 radical (unpaired) electrons. The number of carbonyl (C=O) groups is 2. The van der Waals surface area contributed by atoms with E-state index in [1.54, 1.807) is 21.0 Å². The summed E-state index contributed by atoms with van der Waals surface area (Å²) in [5.74, 6) is -0.983. The van der Waals surface area contributed by atoms with E-state index in [1.807, 2.05) is 7.05 Å². The third-order valence-corrected chi connectivity index (χ3v) is 2.76. The number of methoxy groups -OCH3 is 1. The molecule has 6 nitrogen and oxygen atoms in total. The van der Waals surface area contributed by atoms with Crippen LogP contribution in [0.15, 0.2) is 0 Å². The summed E-state index contributed by atoms with van der Waals surface area (Å²) in [5.41, 5.74) is -0.516. The van der Waals surface area contributed by atoms with Crippen LogP contribution in [0.25, 0.3) is 0 Å². The van der Waals surface area contributed by atoms with Crippen LogP contribution in [0.5, 0.6) is 0 Å². The van der Waals surface area contributed by atoms with Crippen LogP contribution in [-0.2, 0) is 14.3 Å². The molecule has 0 spiro atoms. The van der Waals surface area contributed by atoms with Crippen molar-refractivity contribution < 1.29 is 19.4 Å². The van der Waals surface area contributed by atoms with E-state index in [0.717, 1.165) is 13.1 Å². The van der Waals surface area contributed by atoms with Crippen LogP contribution >= 0.6 is 0 Å². The Labute approximate surface area is 115 Å². The summed E-state index contributed by atoms with van der Waals surface area (Å²) in [6.45, 7) is 6.35. The molecule has 0 aromatic rings. The third-order valence-electron chi connectivity index (χ3n) is 2.76. The van der Waals surface area contributed by atoms with E-state index in [2.05, 4.69) is 10.2 Å². The van der Waals surface area contributed by atoms with E-state index < -0.39 is 11.4 Å². The van der Waals surface area contributed by atoms with Gasteiger partial charge in [0.2, 0.25) is 5.91 Å². The van der Waals surface area contributed by atoms with Crippen molar-refractivity contribution in [3.05, 3.63) is 0 Å². The second-order valence-corrected chi connectivity index (χ2v) is 5.56. The highest BCUT2D eigenvalue weighted by molar-refractivity contribution is 5.77. The molecule has 0 aliphatic heterocycles. The molecule has 0 atom stereocenters. The smallest absolute Gasteiger partial charge is 0.303 e. The molecule has 1 amide bonds. The zero-order valence-electron chi connectivity index (χ0n) is 12.4. The van der Waals surface area contributed by atoms with Crippen LogP contribution in [0.4, 0.5) is 0 Å². The van der Waals surface area contributed by atoms with Crippen molar-refractivity contribution in [2.45, 2.75) is 26.7 Å². The van der Waals surface area contributed by atoms with E-state index in [9.17, 15) is 9.59 Å². The fourth-order valence-corrected chi connectivity index (χ4v) is 1.71. The average molecular weight is 274 g/mol. The van der Waals surface area contributed by atoms with Gasteiger partial charge in [-0.2, -0.15) is 0 Å². The standard InChI is InChI=1S/C13H26N2O4/c1-13(2,10-12(17)18)9-11(16)14-5-6-15(3)7-8-19-4/h5-10H2,1-4H3,(H,14,16)(H,17,18). The molecule has 0 unspecified atom stereocenters. The van der Waals surface area contributed by atoms with Crippen molar-refractivity contribution in [1.29, 1.82) is 0 Å². The number of amides is 1. The number of rotatable bonds is 10. The first kappa shape index (κ1) is 17.9. The van der Waals surface area contributed by atoms with Crippen LogP contribution in [0.2, 0.25) is 0 Å². The summed E-state index contributed by atoms with van der Waals surface area (Å²) < 4.78 is 4.96. The molecule has 0 aliphatic carbocycles.